The van der Waals surface area contributed by atoms with E-state index in [2.05, 4.69) is 50.2 Å². The third kappa shape index (κ3) is 5.19. The van der Waals surface area contributed by atoms with Crippen LogP contribution in [0.2, 0.25) is 0 Å². The van der Waals surface area contributed by atoms with Gasteiger partial charge in [0.15, 0.2) is 0 Å². The molecule has 3 heteroatoms. The number of aromatic nitrogens is 1. The first-order valence-electron chi connectivity index (χ1n) is 7.45. The Labute approximate surface area is 118 Å². The summed E-state index contributed by atoms with van der Waals surface area (Å²) in [6.45, 7) is 8.63. The van der Waals surface area contributed by atoms with Crippen molar-refractivity contribution in [2.45, 2.75) is 52.5 Å². The highest BCUT2D eigenvalue weighted by Crippen LogP contribution is 2.20. The molecule has 0 unspecified atom stereocenters. The van der Waals surface area contributed by atoms with Gasteiger partial charge in [-0.05, 0) is 37.1 Å². The highest BCUT2D eigenvalue weighted by Gasteiger charge is 2.09. The first kappa shape index (κ1) is 16.0. The molecule has 108 valence electrons. The molecule has 3 nitrogen and oxygen atoms in total. The monoisotopic (exact) mass is 263 g/mol. The second kappa shape index (κ2) is 8.16. The molecule has 0 aliphatic carbocycles. The van der Waals surface area contributed by atoms with Gasteiger partial charge in [0, 0.05) is 25.8 Å². The molecule has 0 atom stereocenters. The topological polar surface area (TPSA) is 28.2 Å². The van der Waals surface area contributed by atoms with Crippen LogP contribution in [0.3, 0.4) is 0 Å². The molecule has 1 heterocycles. The Morgan fingerprint density at radius 3 is 2.58 bits per heavy atom. The molecule has 1 aromatic heterocycles. The molecule has 0 radical (unpaired) electrons. The fraction of sp³-hybridized carbons (Fsp3) is 0.688. The molecule has 0 saturated carbocycles. The van der Waals surface area contributed by atoms with Crippen molar-refractivity contribution in [2.75, 3.05) is 25.5 Å². The van der Waals surface area contributed by atoms with Crippen molar-refractivity contribution in [1.29, 1.82) is 0 Å². The van der Waals surface area contributed by atoms with Crippen molar-refractivity contribution in [1.82, 2.24) is 10.3 Å². The lowest BCUT2D eigenvalue weighted by atomic mass is 10.1. The first-order valence-corrected chi connectivity index (χ1v) is 7.45. The smallest absolute Gasteiger partial charge is 0.128 e. The zero-order valence-electron chi connectivity index (χ0n) is 13.2. The summed E-state index contributed by atoms with van der Waals surface area (Å²) in [5.41, 5.74) is 2.50. The molecule has 0 spiro atoms. The summed E-state index contributed by atoms with van der Waals surface area (Å²) in [5.74, 6) is 1.58. The van der Waals surface area contributed by atoms with E-state index >= 15 is 0 Å². The molecular formula is C16H29N3. The molecule has 0 aliphatic rings. The minimum Gasteiger partial charge on any atom is -0.360 e. The zero-order valence-corrected chi connectivity index (χ0v) is 13.2. The van der Waals surface area contributed by atoms with Crippen LogP contribution in [0, 0.1) is 0 Å². The quantitative estimate of drug-likeness (QED) is 0.727. The van der Waals surface area contributed by atoms with Crippen LogP contribution in [0.1, 0.15) is 57.2 Å². The highest BCUT2D eigenvalue weighted by atomic mass is 15.2. The summed E-state index contributed by atoms with van der Waals surface area (Å²) in [4.78, 5) is 7.07. The van der Waals surface area contributed by atoms with Crippen molar-refractivity contribution >= 4 is 5.82 Å². The van der Waals surface area contributed by atoms with E-state index in [-0.39, 0.29) is 0 Å². The Hall–Kier alpha value is -1.09. The normalized spacial score (nSPS) is 11.1. The summed E-state index contributed by atoms with van der Waals surface area (Å²) < 4.78 is 0. The fourth-order valence-corrected chi connectivity index (χ4v) is 2.11. The van der Waals surface area contributed by atoms with Gasteiger partial charge < -0.3 is 10.2 Å². The SMILES string of the molecule is CCCCCN(C)c1cc(CNC)cc(C(C)C)n1. The molecule has 19 heavy (non-hydrogen) atoms. The third-order valence-corrected chi connectivity index (χ3v) is 3.35. The van der Waals surface area contributed by atoms with Gasteiger partial charge in [0.05, 0.1) is 0 Å². The molecule has 1 rings (SSSR count). The van der Waals surface area contributed by atoms with Crippen LogP contribution >= 0.6 is 0 Å². The average molecular weight is 263 g/mol. The Bertz CT molecular complexity index is 374. The lowest BCUT2D eigenvalue weighted by Gasteiger charge is -2.20. The van der Waals surface area contributed by atoms with E-state index in [4.69, 9.17) is 4.98 Å². The van der Waals surface area contributed by atoms with E-state index in [1.54, 1.807) is 0 Å². The first-order chi connectivity index (χ1) is 9.08. The summed E-state index contributed by atoms with van der Waals surface area (Å²) >= 11 is 0. The van der Waals surface area contributed by atoms with Crippen molar-refractivity contribution in [3.8, 4) is 0 Å². The van der Waals surface area contributed by atoms with Gasteiger partial charge in [-0.2, -0.15) is 0 Å². The number of nitrogens with zero attached hydrogens (tertiary/aromatic N) is 2. The summed E-state index contributed by atoms with van der Waals surface area (Å²) in [7, 11) is 4.13. The minimum absolute atomic E-state index is 0.472. The lowest BCUT2D eigenvalue weighted by Crippen LogP contribution is -2.21. The summed E-state index contributed by atoms with van der Waals surface area (Å²) in [5, 5.41) is 3.22. The average Bonchev–Trinajstić information content (AvgIpc) is 2.39. The maximum atomic E-state index is 4.79. The van der Waals surface area contributed by atoms with Gasteiger partial charge in [0.25, 0.3) is 0 Å². The van der Waals surface area contributed by atoms with E-state index in [9.17, 15) is 0 Å². The number of hydrogen-bond donors (Lipinski definition) is 1. The highest BCUT2D eigenvalue weighted by molar-refractivity contribution is 5.42. The molecule has 0 bridgehead atoms. The molecule has 0 amide bonds. The summed E-state index contributed by atoms with van der Waals surface area (Å²) in [6, 6.07) is 4.42. The molecule has 0 saturated heterocycles. The maximum Gasteiger partial charge on any atom is 0.128 e. The van der Waals surface area contributed by atoms with Crippen molar-refractivity contribution in [3.63, 3.8) is 0 Å². The van der Waals surface area contributed by atoms with Gasteiger partial charge in [0.2, 0.25) is 0 Å². The zero-order chi connectivity index (χ0) is 14.3. The Balaban J connectivity index is 2.85. The van der Waals surface area contributed by atoms with E-state index in [0.717, 1.165) is 18.9 Å². The number of hydrogen-bond acceptors (Lipinski definition) is 3. The van der Waals surface area contributed by atoms with E-state index in [1.807, 2.05) is 7.05 Å². The summed E-state index contributed by atoms with van der Waals surface area (Å²) in [6.07, 6.45) is 3.79. The molecule has 0 aliphatic heterocycles. The van der Waals surface area contributed by atoms with Crippen LogP contribution in [0.15, 0.2) is 12.1 Å². The van der Waals surface area contributed by atoms with E-state index in [0.29, 0.717) is 5.92 Å². The second-order valence-corrected chi connectivity index (χ2v) is 5.57. The molecule has 0 aromatic carbocycles. The molecule has 1 aromatic rings. The van der Waals surface area contributed by atoms with Crippen LogP contribution in [0.4, 0.5) is 5.82 Å². The fourth-order valence-electron chi connectivity index (χ4n) is 2.11. The van der Waals surface area contributed by atoms with Crippen LogP contribution in [-0.2, 0) is 6.54 Å². The maximum absolute atomic E-state index is 4.79. The van der Waals surface area contributed by atoms with Gasteiger partial charge in [-0.15, -0.1) is 0 Å². The van der Waals surface area contributed by atoms with Gasteiger partial charge in [-0.3, -0.25) is 0 Å². The van der Waals surface area contributed by atoms with Gasteiger partial charge in [-0.25, -0.2) is 4.98 Å². The van der Waals surface area contributed by atoms with Crippen molar-refractivity contribution < 1.29 is 0 Å². The predicted molar refractivity (Wildman–Crippen MR) is 83.9 cm³/mol. The molecular weight excluding hydrogens is 234 g/mol. The standard InChI is InChI=1S/C16H29N3/c1-6-7-8-9-19(5)16-11-14(12-17-4)10-15(18-16)13(2)3/h10-11,13,17H,6-9,12H2,1-5H3. The number of unbranched alkanes of at least 4 members (excludes halogenated alkanes) is 2. The van der Waals surface area contributed by atoms with Crippen molar-refractivity contribution in [3.05, 3.63) is 23.4 Å². The number of nitrogens with one attached hydrogen (secondary N) is 1. The van der Waals surface area contributed by atoms with Gasteiger partial charge in [0.1, 0.15) is 5.82 Å². The lowest BCUT2D eigenvalue weighted by molar-refractivity contribution is 0.697. The number of pyridine rings is 1. The molecule has 0 fully saturated rings. The largest absolute Gasteiger partial charge is 0.360 e. The second-order valence-electron chi connectivity index (χ2n) is 5.57. The van der Waals surface area contributed by atoms with E-state index < -0.39 is 0 Å². The van der Waals surface area contributed by atoms with Crippen LogP contribution in [0.25, 0.3) is 0 Å². The van der Waals surface area contributed by atoms with Gasteiger partial charge in [-0.1, -0.05) is 33.6 Å². The number of anilines is 1. The van der Waals surface area contributed by atoms with Crippen LogP contribution in [0.5, 0.6) is 0 Å². The van der Waals surface area contributed by atoms with Crippen LogP contribution in [-0.4, -0.2) is 25.6 Å². The van der Waals surface area contributed by atoms with Crippen LogP contribution < -0.4 is 10.2 Å². The Morgan fingerprint density at radius 2 is 2.00 bits per heavy atom. The number of rotatable bonds is 8. The minimum atomic E-state index is 0.472. The third-order valence-electron chi connectivity index (χ3n) is 3.35. The van der Waals surface area contributed by atoms with Gasteiger partial charge >= 0.3 is 0 Å². The van der Waals surface area contributed by atoms with E-state index in [1.165, 1.54) is 30.5 Å². The Morgan fingerprint density at radius 1 is 1.26 bits per heavy atom. The predicted octanol–water partition coefficient (Wildman–Crippen LogP) is 3.55. The Kier molecular flexibility index (Phi) is 6.85. The van der Waals surface area contributed by atoms with Crippen molar-refractivity contribution in [2.24, 2.45) is 0 Å². The molecule has 1 N–H and O–H groups in total.